The van der Waals surface area contributed by atoms with Crippen LogP contribution in [0, 0.1) is 24.4 Å². The maximum Gasteiger partial charge on any atom is 0.131 e. The highest BCUT2D eigenvalue weighted by molar-refractivity contribution is 5.30. The van der Waals surface area contributed by atoms with E-state index in [0.717, 1.165) is 17.7 Å². The molecule has 1 atom stereocenters. The zero-order valence-electron chi connectivity index (χ0n) is 10.3. The zero-order valence-corrected chi connectivity index (χ0v) is 10.3. The normalized spacial score (nSPS) is 12.5. The maximum absolute atomic E-state index is 13.5. The Labute approximate surface area is 109 Å². The molecule has 0 saturated heterocycles. The molecule has 100 valence electrons. The van der Waals surface area contributed by atoms with Crippen LogP contribution in [-0.4, -0.2) is 5.11 Å². The molecule has 0 aliphatic rings. The molecule has 0 spiro atoms. The van der Waals surface area contributed by atoms with Crippen molar-refractivity contribution in [3.8, 4) is 0 Å². The molecule has 0 amide bonds. The second-order valence-corrected chi connectivity index (χ2v) is 4.43. The van der Waals surface area contributed by atoms with Crippen LogP contribution in [0.5, 0.6) is 0 Å². The highest BCUT2D eigenvalue weighted by Crippen LogP contribution is 2.25. The van der Waals surface area contributed by atoms with Crippen LogP contribution in [-0.2, 0) is 6.42 Å². The molecule has 4 heteroatoms. The summed E-state index contributed by atoms with van der Waals surface area (Å²) in [5.74, 6) is -2.05. The van der Waals surface area contributed by atoms with Crippen LogP contribution in [0.3, 0.4) is 0 Å². The molecular weight excluding hydrogens is 253 g/mol. The summed E-state index contributed by atoms with van der Waals surface area (Å²) in [6.45, 7) is 1.75. The van der Waals surface area contributed by atoms with E-state index < -0.39 is 23.6 Å². The van der Waals surface area contributed by atoms with Gasteiger partial charge in [0.05, 0.1) is 11.7 Å². The first-order chi connectivity index (χ1) is 8.99. The van der Waals surface area contributed by atoms with Crippen LogP contribution in [0.25, 0.3) is 0 Å². The van der Waals surface area contributed by atoms with Crippen molar-refractivity contribution in [1.29, 1.82) is 0 Å². The van der Waals surface area contributed by atoms with E-state index in [1.165, 1.54) is 18.2 Å². The number of rotatable bonds is 3. The highest BCUT2D eigenvalue weighted by Gasteiger charge is 2.19. The molecule has 0 aliphatic carbocycles. The molecule has 0 heterocycles. The van der Waals surface area contributed by atoms with Crippen molar-refractivity contribution < 1.29 is 18.3 Å². The van der Waals surface area contributed by atoms with Gasteiger partial charge in [0.15, 0.2) is 0 Å². The van der Waals surface area contributed by atoms with Gasteiger partial charge in [-0.2, -0.15) is 0 Å². The van der Waals surface area contributed by atoms with Gasteiger partial charge in [-0.3, -0.25) is 0 Å². The summed E-state index contributed by atoms with van der Waals surface area (Å²) < 4.78 is 40.1. The van der Waals surface area contributed by atoms with Gasteiger partial charge in [-0.05, 0) is 42.3 Å². The molecule has 2 rings (SSSR count). The minimum Gasteiger partial charge on any atom is -0.388 e. The topological polar surface area (TPSA) is 20.2 Å². The third-order valence-corrected chi connectivity index (χ3v) is 3.06. The molecule has 0 fully saturated rings. The monoisotopic (exact) mass is 266 g/mol. The number of halogens is 3. The Morgan fingerprint density at radius 2 is 1.68 bits per heavy atom. The fourth-order valence-corrected chi connectivity index (χ4v) is 2.00. The Bertz CT molecular complexity index is 576. The fourth-order valence-electron chi connectivity index (χ4n) is 2.00. The SMILES string of the molecule is Cc1ccc(F)cc1CC(O)c1c(F)cccc1F. The van der Waals surface area contributed by atoms with Gasteiger partial charge in [-0.1, -0.05) is 12.1 Å². The quantitative estimate of drug-likeness (QED) is 0.898. The number of aliphatic hydroxyl groups is 1. The molecule has 0 aromatic heterocycles. The van der Waals surface area contributed by atoms with Crippen LogP contribution in [0.1, 0.15) is 22.8 Å². The number of hydrogen-bond acceptors (Lipinski definition) is 1. The van der Waals surface area contributed by atoms with E-state index in [2.05, 4.69) is 0 Å². The lowest BCUT2D eigenvalue weighted by Crippen LogP contribution is -2.08. The predicted molar refractivity (Wildman–Crippen MR) is 66.2 cm³/mol. The second kappa shape index (κ2) is 5.45. The molecule has 1 nitrogen and oxygen atoms in total. The highest BCUT2D eigenvalue weighted by atomic mass is 19.1. The first-order valence-corrected chi connectivity index (χ1v) is 5.86. The lowest BCUT2D eigenvalue weighted by Gasteiger charge is -2.14. The van der Waals surface area contributed by atoms with E-state index in [9.17, 15) is 18.3 Å². The molecule has 0 aliphatic heterocycles. The van der Waals surface area contributed by atoms with Crippen LogP contribution in [0.15, 0.2) is 36.4 Å². The number of hydrogen-bond donors (Lipinski definition) is 1. The first kappa shape index (κ1) is 13.6. The van der Waals surface area contributed by atoms with Crippen molar-refractivity contribution in [2.45, 2.75) is 19.4 Å². The minimum atomic E-state index is -1.35. The largest absolute Gasteiger partial charge is 0.388 e. The van der Waals surface area contributed by atoms with Gasteiger partial charge in [0.25, 0.3) is 0 Å². The Hall–Kier alpha value is -1.81. The van der Waals surface area contributed by atoms with Gasteiger partial charge in [-0.15, -0.1) is 0 Å². The minimum absolute atomic E-state index is 0.0402. The number of aliphatic hydroxyl groups excluding tert-OH is 1. The molecular formula is C15H13F3O. The third kappa shape index (κ3) is 2.96. The lowest BCUT2D eigenvalue weighted by molar-refractivity contribution is 0.168. The van der Waals surface area contributed by atoms with Crippen molar-refractivity contribution in [2.24, 2.45) is 0 Å². The van der Waals surface area contributed by atoms with Crippen LogP contribution in [0.4, 0.5) is 13.2 Å². The van der Waals surface area contributed by atoms with E-state index in [4.69, 9.17) is 0 Å². The molecule has 1 N–H and O–H groups in total. The summed E-state index contributed by atoms with van der Waals surface area (Å²) in [6, 6.07) is 7.52. The summed E-state index contributed by atoms with van der Waals surface area (Å²) in [6.07, 6.45) is -1.39. The van der Waals surface area contributed by atoms with E-state index in [-0.39, 0.29) is 12.0 Å². The molecule has 0 radical (unpaired) electrons. The van der Waals surface area contributed by atoms with Gasteiger partial charge in [0, 0.05) is 6.42 Å². The van der Waals surface area contributed by atoms with Gasteiger partial charge >= 0.3 is 0 Å². The molecule has 2 aromatic carbocycles. The molecule has 2 aromatic rings. The van der Waals surface area contributed by atoms with Crippen molar-refractivity contribution in [3.05, 3.63) is 70.5 Å². The van der Waals surface area contributed by atoms with Crippen molar-refractivity contribution in [3.63, 3.8) is 0 Å². The average Bonchev–Trinajstić information content (AvgIpc) is 2.33. The Morgan fingerprint density at radius 1 is 1.05 bits per heavy atom. The standard InChI is InChI=1S/C15H13F3O/c1-9-5-6-11(16)7-10(9)8-14(19)15-12(17)3-2-4-13(15)18/h2-7,14,19H,8H2,1H3. The van der Waals surface area contributed by atoms with Crippen molar-refractivity contribution in [2.75, 3.05) is 0 Å². The fraction of sp³-hybridized carbons (Fsp3) is 0.200. The summed E-state index contributed by atoms with van der Waals surface area (Å²) in [5.41, 5.74) is 0.901. The Balaban J connectivity index is 2.31. The van der Waals surface area contributed by atoms with Gasteiger partial charge in [0.1, 0.15) is 17.5 Å². The second-order valence-electron chi connectivity index (χ2n) is 4.43. The molecule has 1 unspecified atom stereocenters. The summed E-state index contributed by atoms with van der Waals surface area (Å²) >= 11 is 0. The molecule has 0 saturated carbocycles. The summed E-state index contributed by atoms with van der Waals surface area (Å²) in [7, 11) is 0. The summed E-state index contributed by atoms with van der Waals surface area (Å²) in [5, 5.41) is 9.95. The molecule has 0 bridgehead atoms. The Morgan fingerprint density at radius 3 is 2.32 bits per heavy atom. The van der Waals surface area contributed by atoms with E-state index >= 15 is 0 Å². The van der Waals surface area contributed by atoms with Crippen molar-refractivity contribution >= 4 is 0 Å². The van der Waals surface area contributed by atoms with Crippen LogP contribution < -0.4 is 0 Å². The summed E-state index contributed by atoms with van der Waals surface area (Å²) in [4.78, 5) is 0. The van der Waals surface area contributed by atoms with Crippen LogP contribution in [0.2, 0.25) is 0 Å². The van der Waals surface area contributed by atoms with E-state index in [1.54, 1.807) is 13.0 Å². The number of aryl methyl sites for hydroxylation is 1. The van der Waals surface area contributed by atoms with Gasteiger partial charge < -0.3 is 5.11 Å². The average molecular weight is 266 g/mol. The lowest BCUT2D eigenvalue weighted by atomic mass is 9.97. The molecule has 19 heavy (non-hydrogen) atoms. The van der Waals surface area contributed by atoms with E-state index in [0.29, 0.717) is 5.56 Å². The van der Waals surface area contributed by atoms with Gasteiger partial charge in [0.2, 0.25) is 0 Å². The smallest absolute Gasteiger partial charge is 0.131 e. The zero-order chi connectivity index (χ0) is 14.0. The maximum atomic E-state index is 13.5. The first-order valence-electron chi connectivity index (χ1n) is 5.86. The number of benzene rings is 2. The predicted octanol–water partition coefficient (Wildman–Crippen LogP) is 3.69. The third-order valence-electron chi connectivity index (χ3n) is 3.06. The Kier molecular flexibility index (Phi) is 3.90. The van der Waals surface area contributed by atoms with Crippen LogP contribution >= 0.6 is 0 Å². The van der Waals surface area contributed by atoms with Gasteiger partial charge in [-0.25, -0.2) is 13.2 Å². The van der Waals surface area contributed by atoms with E-state index in [1.807, 2.05) is 0 Å². The van der Waals surface area contributed by atoms with Crippen molar-refractivity contribution in [1.82, 2.24) is 0 Å².